The van der Waals surface area contributed by atoms with E-state index in [4.69, 9.17) is 5.73 Å². The Bertz CT molecular complexity index is 784. The maximum Gasteiger partial charge on any atom is 0.149 e. The highest BCUT2D eigenvalue weighted by Gasteiger charge is 2.08. The molecule has 20 heavy (non-hydrogen) atoms. The maximum absolute atomic E-state index is 13.3. The van der Waals surface area contributed by atoms with E-state index in [2.05, 4.69) is 16.9 Å². The quantitative estimate of drug-likeness (QED) is 0.772. The van der Waals surface area contributed by atoms with Crippen molar-refractivity contribution in [2.75, 3.05) is 5.73 Å². The molecule has 0 fully saturated rings. The normalized spacial score (nSPS) is 10.9. The first-order valence-corrected chi connectivity index (χ1v) is 6.49. The SMILES string of the molecule is CCc1cnc(N)c2nc(-c3cccc(F)c3)ccc12. The van der Waals surface area contributed by atoms with Crippen molar-refractivity contribution >= 4 is 16.7 Å². The van der Waals surface area contributed by atoms with E-state index in [1.807, 2.05) is 18.2 Å². The molecule has 100 valence electrons. The fraction of sp³-hybridized carbons (Fsp3) is 0.125. The topological polar surface area (TPSA) is 51.8 Å². The molecule has 3 nitrogen and oxygen atoms in total. The van der Waals surface area contributed by atoms with Crippen LogP contribution in [0.15, 0.2) is 42.6 Å². The molecule has 2 heterocycles. The van der Waals surface area contributed by atoms with Gasteiger partial charge in [-0.25, -0.2) is 14.4 Å². The molecule has 0 aliphatic rings. The summed E-state index contributed by atoms with van der Waals surface area (Å²) in [6.45, 7) is 2.06. The molecule has 0 saturated heterocycles. The van der Waals surface area contributed by atoms with Gasteiger partial charge in [-0.1, -0.05) is 25.1 Å². The van der Waals surface area contributed by atoms with Gasteiger partial charge in [0.2, 0.25) is 0 Å². The Labute approximate surface area is 116 Å². The average molecular weight is 267 g/mol. The molecule has 0 aliphatic carbocycles. The van der Waals surface area contributed by atoms with Gasteiger partial charge in [-0.3, -0.25) is 0 Å². The van der Waals surface area contributed by atoms with Crippen molar-refractivity contribution in [3.63, 3.8) is 0 Å². The second-order valence-corrected chi connectivity index (χ2v) is 4.63. The van der Waals surface area contributed by atoms with E-state index in [1.165, 1.54) is 12.1 Å². The number of benzene rings is 1. The minimum absolute atomic E-state index is 0.280. The lowest BCUT2D eigenvalue weighted by molar-refractivity contribution is 0.628. The summed E-state index contributed by atoms with van der Waals surface area (Å²) in [7, 11) is 0. The summed E-state index contributed by atoms with van der Waals surface area (Å²) >= 11 is 0. The maximum atomic E-state index is 13.3. The Morgan fingerprint density at radius 3 is 2.80 bits per heavy atom. The summed E-state index contributed by atoms with van der Waals surface area (Å²) in [6, 6.07) is 10.2. The number of anilines is 1. The van der Waals surface area contributed by atoms with Crippen LogP contribution in [0.5, 0.6) is 0 Å². The molecule has 0 saturated carbocycles. The number of aromatic nitrogens is 2. The van der Waals surface area contributed by atoms with Crippen molar-refractivity contribution < 1.29 is 4.39 Å². The number of pyridine rings is 2. The van der Waals surface area contributed by atoms with Crippen molar-refractivity contribution in [2.24, 2.45) is 0 Å². The first-order chi connectivity index (χ1) is 9.69. The van der Waals surface area contributed by atoms with E-state index in [1.54, 1.807) is 12.3 Å². The number of nitrogens with zero attached hydrogens (tertiary/aromatic N) is 2. The van der Waals surface area contributed by atoms with Crippen LogP contribution in [-0.4, -0.2) is 9.97 Å². The third-order valence-electron chi connectivity index (χ3n) is 3.34. The monoisotopic (exact) mass is 267 g/mol. The second kappa shape index (κ2) is 4.89. The molecule has 3 aromatic rings. The minimum Gasteiger partial charge on any atom is -0.382 e. The van der Waals surface area contributed by atoms with Crippen LogP contribution in [0.25, 0.3) is 22.2 Å². The Morgan fingerprint density at radius 2 is 2.05 bits per heavy atom. The summed E-state index contributed by atoms with van der Waals surface area (Å²) in [5, 5.41) is 1.00. The van der Waals surface area contributed by atoms with Crippen molar-refractivity contribution in [2.45, 2.75) is 13.3 Å². The molecule has 0 aliphatic heterocycles. The summed E-state index contributed by atoms with van der Waals surface area (Å²) in [4.78, 5) is 8.71. The van der Waals surface area contributed by atoms with Gasteiger partial charge in [0.1, 0.15) is 17.2 Å². The van der Waals surface area contributed by atoms with Crippen LogP contribution in [0.3, 0.4) is 0 Å². The minimum atomic E-state index is -0.280. The van der Waals surface area contributed by atoms with Gasteiger partial charge in [0.25, 0.3) is 0 Å². The van der Waals surface area contributed by atoms with Crippen LogP contribution in [0.1, 0.15) is 12.5 Å². The molecule has 1 aromatic carbocycles. The number of rotatable bonds is 2. The van der Waals surface area contributed by atoms with Gasteiger partial charge in [-0.2, -0.15) is 0 Å². The van der Waals surface area contributed by atoms with Crippen LogP contribution >= 0.6 is 0 Å². The molecule has 2 N–H and O–H groups in total. The average Bonchev–Trinajstić information content (AvgIpc) is 2.47. The fourth-order valence-electron chi connectivity index (χ4n) is 2.28. The summed E-state index contributed by atoms with van der Waals surface area (Å²) < 4.78 is 13.3. The Balaban J connectivity index is 2.23. The van der Waals surface area contributed by atoms with Gasteiger partial charge in [-0.15, -0.1) is 0 Å². The van der Waals surface area contributed by atoms with E-state index >= 15 is 0 Å². The Hall–Kier alpha value is -2.49. The van der Waals surface area contributed by atoms with Gasteiger partial charge in [0, 0.05) is 17.1 Å². The highest BCUT2D eigenvalue weighted by Crippen LogP contribution is 2.26. The first-order valence-electron chi connectivity index (χ1n) is 6.49. The van der Waals surface area contributed by atoms with E-state index in [-0.39, 0.29) is 5.82 Å². The molecular weight excluding hydrogens is 253 g/mol. The van der Waals surface area contributed by atoms with E-state index in [9.17, 15) is 4.39 Å². The van der Waals surface area contributed by atoms with Gasteiger partial charge >= 0.3 is 0 Å². The molecule has 0 bridgehead atoms. The molecule has 3 rings (SSSR count). The Morgan fingerprint density at radius 1 is 1.20 bits per heavy atom. The van der Waals surface area contributed by atoms with Gasteiger partial charge in [-0.05, 0) is 30.2 Å². The second-order valence-electron chi connectivity index (χ2n) is 4.63. The molecule has 0 unspecified atom stereocenters. The number of aryl methyl sites for hydroxylation is 1. The van der Waals surface area contributed by atoms with E-state index < -0.39 is 0 Å². The zero-order valence-electron chi connectivity index (χ0n) is 11.1. The van der Waals surface area contributed by atoms with Crippen molar-refractivity contribution in [1.29, 1.82) is 0 Å². The summed E-state index contributed by atoms with van der Waals surface area (Å²) in [5.74, 6) is 0.119. The summed E-state index contributed by atoms with van der Waals surface area (Å²) in [5.41, 5.74) is 9.11. The molecule has 0 radical (unpaired) electrons. The molecule has 0 amide bonds. The zero-order valence-corrected chi connectivity index (χ0v) is 11.1. The first kappa shape index (κ1) is 12.5. The largest absolute Gasteiger partial charge is 0.382 e. The van der Waals surface area contributed by atoms with Crippen molar-refractivity contribution in [3.05, 3.63) is 54.0 Å². The van der Waals surface area contributed by atoms with E-state index in [0.29, 0.717) is 17.0 Å². The molecule has 2 aromatic heterocycles. The number of nitrogens with two attached hydrogens (primary N) is 1. The molecular formula is C16H14FN3. The zero-order chi connectivity index (χ0) is 14.1. The lowest BCUT2D eigenvalue weighted by atomic mass is 10.1. The lowest BCUT2D eigenvalue weighted by Crippen LogP contribution is -1.98. The van der Waals surface area contributed by atoms with Gasteiger partial charge < -0.3 is 5.73 Å². The van der Waals surface area contributed by atoms with Crippen LogP contribution in [0.4, 0.5) is 10.2 Å². The third kappa shape index (κ3) is 2.09. The van der Waals surface area contributed by atoms with Gasteiger partial charge in [0.05, 0.1) is 5.69 Å². The standard InChI is InChI=1S/C16H14FN3/c1-2-10-9-19-16(18)15-13(10)6-7-14(20-15)11-4-3-5-12(17)8-11/h3-9H,2H2,1H3,(H2,18,19). The molecule has 0 spiro atoms. The number of fused-ring (bicyclic) bond motifs is 1. The Kier molecular flexibility index (Phi) is 3.06. The van der Waals surface area contributed by atoms with Crippen LogP contribution in [-0.2, 0) is 6.42 Å². The summed E-state index contributed by atoms with van der Waals surface area (Å²) in [6.07, 6.45) is 2.64. The number of nitrogen functional groups attached to an aromatic ring is 1. The number of hydrogen-bond acceptors (Lipinski definition) is 3. The third-order valence-corrected chi connectivity index (χ3v) is 3.34. The van der Waals surface area contributed by atoms with Crippen LogP contribution < -0.4 is 5.73 Å². The smallest absolute Gasteiger partial charge is 0.149 e. The molecule has 4 heteroatoms. The fourth-order valence-corrected chi connectivity index (χ4v) is 2.28. The van der Waals surface area contributed by atoms with E-state index in [0.717, 1.165) is 22.9 Å². The number of hydrogen-bond donors (Lipinski definition) is 1. The number of halogens is 1. The van der Waals surface area contributed by atoms with Crippen molar-refractivity contribution in [1.82, 2.24) is 9.97 Å². The lowest BCUT2D eigenvalue weighted by Gasteiger charge is -2.08. The molecule has 0 atom stereocenters. The predicted octanol–water partition coefficient (Wildman–Crippen LogP) is 3.58. The van der Waals surface area contributed by atoms with Crippen molar-refractivity contribution in [3.8, 4) is 11.3 Å². The van der Waals surface area contributed by atoms with Crippen LogP contribution in [0.2, 0.25) is 0 Å². The van der Waals surface area contributed by atoms with Crippen LogP contribution in [0, 0.1) is 5.82 Å². The predicted molar refractivity (Wildman–Crippen MR) is 78.7 cm³/mol. The highest BCUT2D eigenvalue weighted by molar-refractivity contribution is 5.91. The highest BCUT2D eigenvalue weighted by atomic mass is 19.1. The van der Waals surface area contributed by atoms with Gasteiger partial charge in [0.15, 0.2) is 0 Å².